The van der Waals surface area contributed by atoms with E-state index in [-0.39, 0.29) is 24.4 Å². The minimum atomic E-state index is -0.502. The Bertz CT molecular complexity index is 318. The topological polar surface area (TPSA) is 72.2 Å². The molecule has 0 amide bonds. The molecule has 2 N–H and O–H groups in total. The molecule has 6 heteroatoms. The lowest BCUT2D eigenvalue weighted by Gasteiger charge is -2.44. The van der Waals surface area contributed by atoms with Crippen molar-refractivity contribution >= 4 is 0 Å². The Morgan fingerprint density at radius 2 is 1.40 bits per heavy atom. The van der Waals surface area contributed by atoms with Crippen LogP contribution >= 0.6 is 0 Å². The van der Waals surface area contributed by atoms with Crippen LogP contribution in [-0.2, 0) is 23.7 Å². The summed E-state index contributed by atoms with van der Waals surface area (Å²) in [5.41, 5.74) is 6.35. The highest BCUT2D eigenvalue weighted by Gasteiger charge is 2.46. The van der Waals surface area contributed by atoms with Crippen molar-refractivity contribution < 1.29 is 23.7 Å². The van der Waals surface area contributed by atoms with Crippen LogP contribution in [0.3, 0.4) is 0 Å². The van der Waals surface area contributed by atoms with Crippen LogP contribution < -0.4 is 5.73 Å². The molecule has 0 spiro atoms. The molecule has 6 nitrogen and oxygen atoms in total. The Balaban J connectivity index is 2.75. The van der Waals surface area contributed by atoms with Gasteiger partial charge in [-0.05, 0) is 19.3 Å². The van der Waals surface area contributed by atoms with Crippen molar-refractivity contribution in [3.63, 3.8) is 0 Å². The molecule has 1 heterocycles. The van der Waals surface area contributed by atoms with Crippen LogP contribution in [0.2, 0.25) is 0 Å². The number of hydrogen-bond donors (Lipinski definition) is 1. The van der Waals surface area contributed by atoms with E-state index in [0.717, 1.165) is 45.1 Å². The van der Waals surface area contributed by atoms with Crippen LogP contribution in [0.5, 0.6) is 0 Å². The summed E-state index contributed by atoms with van der Waals surface area (Å²) < 4.78 is 29.5. The Hall–Kier alpha value is -0.240. The van der Waals surface area contributed by atoms with E-state index < -0.39 is 6.29 Å². The van der Waals surface area contributed by atoms with Crippen molar-refractivity contribution in [2.45, 2.75) is 89.9 Å². The highest BCUT2D eigenvalue weighted by Crippen LogP contribution is 2.26. The molecule has 1 saturated heterocycles. The SMILES string of the molecule is CCCCOC[C@H]1O[C@@H](OC)[C@H](N)[C@@H](OCCCC)[C@H]1OCCCC. The van der Waals surface area contributed by atoms with E-state index in [4.69, 9.17) is 29.4 Å². The maximum atomic E-state index is 6.35. The minimum Gasteiger partial charge on any atom is -0.379 e. The summed E-state index contributed by atoms with van der Waals surface area (Å²) in [5.74, 6) is 0. The second-order valence-corrected chi connectivity index (χ2v) is 6.66. The highest BCUT2D eigenvalue weighted by molar-refractivity contribution is 4.94. The third-order valence-electron chi connectivity index (χ3n) is 4.47. The van der Waals surface area contributed by atoms with Crippen molar-refractivity contribution in [3.8, 4) is 0 Å². The van der Waals surface area contributed by atoms with Crippen molar-refractivity contribution in [2.24, 2.45) is 5.73 Å². The fraction of sp³-hybridized carbons (Fsp3) is 1.00. The van der Waals surface area contributed by atoms with Gasteiger partial charge in [-0.1, -0.05) is 40.0 Å². The molecular weight excluding hydrogens is 322 g/mol. The molecule has 5 atom stereocenters. The van der Waals surface area contributed by atoms with Gasteiger partial charge in [-0.15, -0.1) is 0 Å². The van der Waals surface area contributed by atoms with Gasteiger partial charge >= 0.3 is 0 Å². The first kappa shape index (κ1) is 22.8. The number of ether oxygens (including phenoxy) is 5. The van der Waals surface area contributed by atoms with E-state index in [2.05, 4.69) is 20.8 Å². The lowest BCUT2D eigenvalue weighted by molar-refractivity contribution is -0.276. The smallest absolute Gasteiger partial charge is 0.175 e. The predicted molar refractivity (Wildman–Crippen MR) is 98.7 cm³/mol. The summed E-state index contributed by atoms with van der Waals surface area (Å²) in [5, 5.41) is 0. The summed E-state index contributed by atoms with van der Waals surface area (Å²) in [4.78, 5) is 0. The summed E-state index contributed by atoms with van der Waals surface area (Å²) in [6, 6.07) is -0.375. The largest absolute Gasteiger partial charge is 0.379 e. The van der Waals surface area contributed by atoms with E-state index in [0.29, 0.717) is 19.8 Å². The van der Waals surface area contributed by atoms with E-state index in [1.54, 1.807) is 7.11 Å². The van der Waals surface area contributed by atoms with Gasteiger partial charge in [0, 0.05) is 26.9 Å². The number of nitrogens with two attached hydrogens (primary N) is 1. The molecular formula is C19H39NO5. The van der Waals surface area contributed by atoms with Crippen LogP contribution in [0.4, 0.5) is 0 Å². The standard InChI is InChI=1S/C19H39NO5/c1-5-8-11-22-14-15-17(23-12-9-6-2)18(24-13-10-7-3)16(20)19(21-4)25-15/h15-19H,5-14,20H2,1-4H3/t15-,16-,17+,18-,19-/m1/s1. The Morgan fingerprint density at radius 1 is 0.840 bits per heavy atom. The number of hydrogen-bond acceptors (Lipinski definition) is 6. The number of methoxy groups -OCH3 is 1. The van der Waals surface area contributed by atoms with Crippen molar-refractivity contribution in [3.05, 3.63) is 0 Å². The van der Waals surface area contributed by atoms with E-state index in [1.807, 2.05) is 0 Å². The predicted octanol–water partition coefficient (Wildman–Crippen LogP) is 2.87. The van der Waals surface area contributed by atoms with Gasteiger partial charge in [0.2, 0.25) is 0 Å². The average molecular weight is 362 g/mol. The Morgan fingerprint density at radius 3 is 1.96 bits per heavy atom. The fourth-order valence-electron chi connectivity index (χ4n) is 2.85. The molecule has 0 aromatic carbocycles. The van der Waals surface area contributed by atoms with E-state index in [9.17, 15) is 0 Å². The quantitative estimate of drug-likeness (QED) is 0.480. The third-order valence-corrected chi connectivity index (χ3v) is 4.47. The van der Waals surface area contributed by atoms with Crippen molar-refractivity contribution in [1.82, 2.24) is 0 Å². The zero-order valence-electron chi connectivity index (χ0n) is 16.6. The summed E-state index contributed by atoms with van der Waals surface area (Å²) in [6.45, 7) is 8.98. The highest BCUT2D eigenvalue weighted by atomic mass is 16.7. The zero-order chi connectivity index (χ0) is 18.5. The number of unbranched alkanes of at least 4 members (excludes halogenated alkanes) is 3. The summed E-state index contributed by atoms with van der Waals surface area (Å²) in [7, 11) is 1.61. The van der Waals surface area contributed by atoms with Gasteiger partial charge in [0.25, 0.3) is 0 Å². The molecule has 1 fully saturated rings. The third kappa shape index (κ3) is 7.89. The fourth-order valence-corrected chi connectivity index (χ4v) is 2.85. The van der Waals surface area contributed by atoms with Gasteiger partial charge in [-0.2, -0.15) is 0 Å². The van der Waals surface area contributed by atoms with Gasteiger partial charge in [0.1, 0.15) is 18.3 Å². The summed E-state index contributed by atoms with van der Waals surface area (Å²) in [6.07, 6.45) is 5.10. The van der Waals surface area contributed by atoms with Crippen LogP contribution in [0.25, 0.3) is 0 Å². The van der Waals surface area contributed by atoms with Gasteiger partial charge in [-0.3, -0.25) is 0 Å². The first-order chi connectivity index (χ1) is 12.2. The van der Waals surface area contributed by atoms with Gasteiger partial charge < -0.3 is 29.4 Å². The molecule has 0 aromatic heterocycles. The summed E-state index contributed by atoms with van der Waals surface area (Å²) >= 11 is 0. The Kier molecular flexibility index (Phi) is 12.7. The van der Waals surface area contributed by atoms with Crippen molar-refractivity contribution in [2.75, 3.05) is 33.5 Å². The van der Waals surface area contributed by atoms with Crippen LogP contribution in [0, 0.1) is 0 Å². The van der Waals surface area contributed by atoms with E-state index in [1.165, 1.54) is 0 Å². The monoisotopic (exact) mass is 361 g/mol. The van der Waals surface area contributed by atoms with Gasteiger partial charge in [-0.25, -0.2) is 0 Å². The maximum absolute atomic E-state index is 6.35. The van der Waals surface area contributed by atoms with Gasteiger partial charge in [0.15, 0.2) is 6.29 Å². The molecule has 0 saturated carbocycles. The Labute approximate surface area is 153 Å². The minimum absolute atomic E-state index is 0.230. The molecule has 0 bridgehead atoms. The molecule has 0 unspecified atom stereocenters. The van der Waals surface area contributed by atoms with Crippen LogP contribution in [-0.4, -0.2) is 64.2 Å². The first-order valence-corrected chi connectivity index (χ1v) is 9.94. The molecule has 1 aliphatic heterocycles. The normalized spacial score (nSPS) is 29.9. The molecule has 25 heavy (non-hydrogen) atoms. The molecule has 150 valence electrons. The molecule has 1 rings (SSSR count). The zero-order valence-corrected chi connectivity index (χ0v) is 16.6. The lowest BCUT2D eigenvalue weighted by Crippen LogP contribution is -2.64. The van der Waals surface area contributed by atoms with Crippen LogP contribution in [0.15, 0.2) is 0 Å². The maximum Gasteiger partial charge on any atom is 0.175 e. The average Bonchev–Trinajstić information content (AvgIpc) is 2.62. The van der Waals surface area contributed by atoms with Gasteiger partial charge in [0.05, 0.1) is 12.6 Å². The number of rotatable bonds is 14. The van der Waals surface area contributed by atoms with Crippen molar-refractivity contribution in [1.29, 1.82) is 0 Å². The molecule has 0 aromatic rings. The van der Waals surface area contributed by atoms with E-state index >= 15 is 0 Å². The second-order valence-electron chi connectivity index (χ2n) is 6.66. The second kappa shape index (κ2) is 13.9. The molecule has 0 aliphatic carbocycles. The molecule has 1 aliphatic rings. The van der Waals surface area contributed by atoms with Crippen LogP contribution in [0.1, 0.15) is 59.3 Å². The first-order valence-electron chi connectivity index (χ1n) is 9.94. The molecule has 0 radical (unpaired) electrons. The lowest BCUT2D eigenvalue weighted by atomic mass is 9.97.